The fraction of sp³-hybridized carbons (Fsp3) is 0.429. The van der Waals surface area contributed by atoms with Gasteiger partial charge in [-0.05, 0) is 63.0 Å². The van der Waals surface area contributed by atoms with Crippen LogP contribution in [-0.4, -0.2) is 31.1 Å². The lowest BCUT2D eigenvalue weighted by molar-refractivity contribution is -0.0117. The molecule has 0 spiro atoms. The van der Waals surface area contributed by atoms with Crippen molar-refractivity contribution in [2.24, 2.45) is 0 Å². The van der Waals surface area contributed by atoms with Gasteiger partial charge in [0.2, 0.25) is 0 Å². The summed E-state index contributed by atoms with van der Waals surface area (Å²) in [6, 6.07) is 15.0. The smallest absolute Gasteiger partial charge is 0.115 e. The molecule has 1 aliphatic heterocycles. The number of benzene rings is 2. The fourth-order valence-corrected chi connectivity index (χ4v) is 3.25. The number of hydrogen-bond acceptors (Lipinski definition) is 2. The van der Waals surface area contributed by atoms with Crippen LogP contribution in [0.4, 0.5) is 0 Å². The van der Waals surface area contributed by atoms with Crippen molar-refractivity contribution in [2.45, 2.75) is 37.8 Å². The molecule has 128 valence electrons. The summed E-state index contributed by atoms with van der Waals surface area (Å²) in [5, 5.41) is 0.469. The Morgan fingerprint density at radius 3 is 2.54 bits per heavy atom. The van der Waals surface area contributed by atoms with E-state index in [9.17, 15) is 0 Å². The third-order valence-corrected chi connectivity index (χ3v) is 4.90. The van der Waals surface area contributed by atoms with Gasteiger partial charge < -0.3 is 9.64 Å². The first-order valence-electron chi connectivity index (χ1n) is 10.8. The third-order valence-electron chi connectivity index (χ3n) is 4.65. The molecule has 3 heteroatoms. The van der Waals surface area contributed by atoms with E-state index in [4.69, 9.17) is 23.2 Å². The zero-order valence-electron chi connectivity index (χ0n) is 18.8. The van der Waals surface area contributed by atoms with Crippen LogP contribution in [0.25, 0.3) is 0 Å². The molecule has 2 aromatic rings. The maximum absolute atomic E-state index is 8.60. The number of nitrogens with zero attached hydrogens (tertiary/aromatic N) is 1. The average molecular weight is 349 g/mol. The molecule has 0 aliphatic carbocycles. The lowest BCUT2D eigenvalue weighted by Gasteiger charge is -2.32. The van der Waals surface area contributed by atoms with Gasteiger partial charge in [-0.3, -0.25) is 0 Å². The molecule has 1 fully saturated rings. The molecule has 2 nitrogen and oxygen atoms in total. The Labute approximate surface area is 157 Å². The van der Waals surface area contributed by atoms with Gasteiger partial charge in [-0.25, -0.2) is 0 Å². The van der Waals surface area contributed by atoms with Crippen LogP contribution in [0.1, 0.15) is 44.1 Å². The van der Waals surface area contributed by atoms with E-state index in [1.165, 1.54) is 0 Å². The molecule has 1 aliphatic rings. The summed E-state index contributed by atoms with van der Waals surface area (Å²) < 4.78 is 48.3. The lowest BCUT2D eigenvalue weighted by Crippen LogP contribution is -2.31. The monoisotopic (exact) mass is 348 g/mol. The molecule has 1 saturated heterocycles. The highest BCUT2D eigenvalue weighted by Gasteiger charge is 2.30. The van der Waals surface area contributed by atoms with Crippen molar-refractivity contribution < 1.29 is 11.6 Å². The molecule has 2 atom stereocenters. The molecule has 0 amide bonds. The average Bonchev–Trinajstić information content (AvgIpc) is 3.04. The van der Waals surface area contributed by atoms with Gasteiger partial charge >= 0.3 is 0 Å². The predicted octanol–water partition coefficient (Wildman–Crippen LogP) is 5.10. The largest absolute Gasteiger partial charge is 0.366 e. The van der Waals surface area contributed by atoms with E-state index in [2.05, 4.69) is 4.90 Å². The molecule has 0 aromatic heterocycles. The molecule has 0 unspecified atom stereocenters. The minimum Gasteiger partial charge on any atom is -0.366 e. The van der Waals surface area contributed by atoms with Crippen LogP contribution in [-0.2, 0) is 10.3 Å². The number of hydrogen-bond donors (Lipinski definition) is 0. The Balaban J connectivity index is 2.10. The van der Waals surface area contributed by atoms with Crippen LogP contribution >= 0.6 is 11.6 Å². The maximum atomic E-state index is 8.60. The summed E-state index contributed by atoms with van der Waals surface area (Å²) >= 11 is 6.02. The summed E-state index contributed by atoms with van der Waals surface area (Å²) in [5.41, 5.74) is -1.23. The normalized spacial score (nSPS) is 25.1. The summed E-state index contributed by atoms with van der Waals surface area (Å²) in [6.45, 7) is -3.90. The van der Waals surface area contributed by atoms with Gasteiger partial charge in [0.05, 0.1) is 2.74 Å². The molecule has 1 heterocycles. The minimum absolute atomic E-state index is 0.0142. The van der Waals surface area contributed by atoms with Crippen LogP contribution in [0.5, 0.6) is 0 Å². The van der Waals surface area contributed by atoms with Gasteiger partial charge in [0.1, 0.15) is 5.60 Å². The summed E-state index contributed by atoms with van der Waals surface area (Å²) in [5.74, 6) is 0. The molecule has 24 heavy (non-hydrogen) atoms. The van der Waals surface area contributed by atoms with Crippen LogP contribution in [0, 0.1) is 0 Å². The number of rotatable bonds is 6. The quantitative estimate of drug-likeness (QED) is 0.719. The first-order valence-corrected chi connectivity index (χ1v) is 8.65. The summed E-state index contributed by atoms with van der Waals surface area (Å²) in [6.07, 6.45) is 1.96. The number of ether oxygens (including phenoxy) is 1. The Kier molecular flexibility index (Phi) is 3.87. The number of halogens is 1. The zero-order chi connectivity index (χ0) is 21.3. The van der Waals surface area contributed by atoms with Gasteiger partial charge in [0, 0.05) is 21.7 Å². The minimum atomic E-state index is -2.66. The molecule has 0 saturated carbocycles. The second kappa shape index (κ2) is 7.69. The fourth-order valence-electron chi connectivity index (χ4n) is 3.13. The molecule has 0 bridgehead atoms. The van der Waals surface area contributed by atoms with Gasteiger partial charge in [-0.1, -0.05) is 54.1 Å². The molecular weight excluding hydrogens is 318 g/mol. The summed E-state index contributed by atoms with van der Waals surface area (Å²) in [4.78, 5) is 2.10. The van der Waals surface area contributed by atoms with Crippen LogP contribution in [0.15, 0.2) is 54.6 Å². The molecule has 3 rings (SSSR count). The Bertz CT molecular complexity index is 812. The molecule has 0 radical (unpaired) electrons. The Morgan fingerprint density at radius 2 is 1.92 bits per heavy atom. The first-order chi connectivity index (χ1) is 13.6. The van der Waals surface area contributed by atoms with Crippen molar-refractivity contribution in [1.29, 1.82) is 0 Å². The van der Waals surface area contributed by atoms with Gasteiger partial charge in [0.15, 0.2) is 0 Å². The zero-order valence-corrected chi connectivity index (χ0v) is 14.6. The van der Waals surface area contributed by atoms with Crippen molar-refractivity contribution >= 4 is 11.6 Å². The van der Waals surface area contributed by atoms with E-state index in [0.717, 1.165) is 19.4 Å². The van der Waals surface area contributed by atoms with E-state index in [1.807, 2.05) is 7.05 Å². The topological polar surface area (TPSA) is 12.5 Å². The highest BCUT2D eigenvalue weighted by atomic mass is 35.5. The molecular formula is C21H26ClNO. The van der Waals surface area contributed by atoms with Crippen molar-refractivity contribution in [3.63, 3.8) is 0 Å². The highest BCUT2D eigenvalue weighted by molar-refractivity contribution is 6.30. The van der Waals surface area contributed by atoms with Crippen LogP contribution < -0.4 is 0 Å². The van der Waals surface area contributed by atoms with Gasteiger partial charge in [-0.2, -0.15) is 0 Å². The molecule has 2 aromatic carbocycles. The second-order valence-corrected chi connectivity index (χ2v) is 6.72. The van der Waals surface area contributed by atoms with Gasteiger partial charge in [0.25, 0.3) is 0 Å². The van der Waals surface area contributed by atoms with E-state index in [-0.39, 0.29) is 12.5 Å². The van der Waals surface area contributed by atoms with Gasteiger partial charge in [-0.15, -0.1) is 0 Å². The standard InChI is InChI=1S/C21H26ClNO/c1-21(17-7-4-3-5-8-17,18-10-12-19(22)13-11-18)24-16-14-20-9-6-15-23(20)2/h3-5,7-8,10-13,20H,6,9,14-16H2,1-2H3/t20-,21-/m1/s1/i1D3,16D2. The second-order valence-electron chi connectivity index (χ2n) is 6.28. The Hall–Kier alpha value is -1.35. The Morgan fingerprint density at radius 1 is 1.21 bits per heavy atom. The van der Waals surface area contributed by atoms with E-state index in [1.54, 1.807) is 54.6 Å². The first kappa shape index (κ1) is 12.1. The van der Waals surface area contributed by atoms with Crippen molar-refractivity contribution in [3.05, 3.63) is 70.7 Å². The van der Waals surface area contributed by atoms with Crippen LogP contribution in [0.2, 0.25) is 5.02 Å². The van der Waals surface area contributed by atoms with E-state index >= 15 is 0 Å². The van der Waals surface area contributed by atoms with Crippen LogP contribution in [0.3, 0.4) is 0 Å². The lowest BCUT2D eigenvalue weighted by atomic mass is 9.88. The SMILES string of the molecule is [2H]C([2H])(C[C@H]1CCCN1C)O[C@](c1ccccc1)(c1ccc(Cl)cc1)C([2H])([2H])[2H]. The predicted molar refractivity (Wildman–Crippen MR) is 101 cm³/mol. The van der Waals surface area contributed by atoms with Crippen molar-refractivity contribution in [3.8, 4) is 0 Å². The summed E-state index contributed by atoms with van der Waals surface area (Å²) in [7, 11) is 1.96. The van der Waals surface area contributed by atoms with E-state index < -0.39 is 19.0 Å². The third kappa shape index (κ3) is 3.83. The highest BCUT2D eigenvalue weighted by Crippen LogP contribution is 2.34. The van der Waals surface area contributed by atoms with Crippen molar-refractivity contribution in [2.75, 3.05) is 20.2 Å². The maximum Gasteiger partial charge on any atom is 0.115 e. The molecule has 0 N–H and O–H groups in total. The van der Waals surface area contributed by atoms with Crippen molar-refractivity contribution in [1.82, 2.24) is 4.90 Å². The van der Waals surface area contributed by atoms with E-state index in [0.29, 0.717) is 16.1 Å². The number of likely N-dealkylation sites (tertiary alicyclic amines) is 1.